The summed E-state index contributed by atoms with van der Waals surface area (Å²) in [6.07, 6.45) is 0. The van der Waals surface area contributed by atoms with E-state index in [0.717, 1.165) is 11.3 Å². The Hall–Kier alpha value is -2.27. The Morgan fingerprint density at radius 3 is 2.31 bits per heavy atom. The van der Waals surface area contributed by atoms with E-state index in [1.54, 1.807) is 23.9 Å². The van der Waals surface area contributed by atoms with Crippen LogP contribution in [0.2, 0.25) is 0 Å². The average Bonchev–Trinajstić information content (AvgIpc) is 2.64. The quantitative estimate of drug-likeness (QED) is 0.430. The van der Waals surface area contributed by atoms with Crippen LogP contribution < -0.4 is 5.32 Å². The zero-order chi connectivity index (χ0) is 18.9. The molecule has 0 aliphatic heterocycles. The van der Waals surface area contributed by atoms with Crippen molar-refractivity contribution in [2.45, 2.75) is 31.6 Å². The van der Waals surface area contributed by atoms with Crippen molar-refractivity contribution in [1.29, 1.82) is 0 Å². The van der Waals surface area contributed by atoms with Crippen LogP contribution in [0.4, 0.5) is 0 Å². The van der Waals surface area contributed by atoms with Gasteiger partial charge in [0.2, 0.25) is 0 Å². The molecule has 0 bridgehead atoms. The lowest BCUT2D eigenvalue weighted by atomic mass is 10.0. The molecule has 0 saturated heterocycles. The number of amides is 1. The molecule has 0 unspecified atom stereocenters. The maximum absolute atomic E-state index is 12.0. The summed E-state index contributed by atoms with van der Waals surface area (Å²) in [6, 6.07) is 15.5. The minimum Gasteiger partial charge on any atom is -0.452 e. The van der Waals surface area contributed by atoms with Gasteiger partial charge in [0, 0.05) is 17.2 Å². The fraction of sp³-hybridized carbons (Fsp3) is 0.333. The minimum atomic E-state index is -0.482. The number of ether oxygens (including phenoxy) is 1. The molecule has 0 atom stereocenters. The van der Waals surface area contributed by atoms with Gasteiger partial charge in [0.15, 0.2) is 6.61 Å². The molecule has 2 aromatic rings. The lowest BCUT2D eigenvalue weighted by molar-refractivity contribution is -0.124. The first kappa shape index (κ1) is 20.0. The van der Waals surface area contributed by atoms with Crippen LogP contribution in [0, 0.1) is 6.92 Å². The Kier molecular flexibility index (Phi) is 7.73. The number of rotatable bonds is 8. The molecule has 0 spiro atoms. The molecule has 138 valence electrons. The smallest absolute Gasteiger partial charge is 0.338 e. The van der Waals surface area contributed by atoms with Crippen molar-refractivity contribution in [2.24, 2.45) is 0 Å². The number of benzene rings is 2. The second kappa shape index (κ2) is 10.0. The van der Waals surface area contributed by atoms with E-state index in [1.165, 1.54) is 10.5 Å². The summed E-state index contributed by atoms with van der Waals surface area (Å²) < 4.78 is 5.06. The third kappa shape index (κ3) is 6.56. The van der Waals surface area contributed by atoms with Gasteiger partial charge in [-0.3, -0.25) is 4.79 Å². The molecule has 4 nitrogen and oxygen atoms in total. The Bertz CT molecular complexity index is 724. The number of hydrogen-bond donors (Lipinski definition) is 1. The number of nitrogens with one attached hydrogen (secondary N) is 1. The minimum absolute atomic E-state index is 0.264. The summed E-state index contributed by atoms with van der Waals surface area (Å²) in [5, 5.41) is 2.76. The maximum atomic E-state index is 12.0. The van der Waals surface area contributed by atoms with Crippen LogP contribution in [-0.4, -0.2) is 30.8 Å². The van der Waals surface area contributed by atoms with Crippen LogP contribution in [0.3, 0.4) is 0 Å². The van der Waals surface area contributed by atoms with Gasteiger partial charge in [-0.2, -0.15) is 0 Å². The summed E-state index contributed by atoms with van der Waals surface area (Å²) in [7, 11) is 0. The predicted molar refractivity (Wildman–Crippen MR) is 106 cm³/mol. The highest BCUT2D eigenvalue weighted by Gasteiger charge is 2.10. The number of carbonyl (C=O) groups is 2. The molecule has 1 N–H and O–H groups in total. The maximum Gasteiger partial charge on any atom is 0.338 e. The van der Waals surface area contributed by atoms with Crippen LogP contribution in [0.25, 0.3) is 0 Å². The van der Waals surface area contributed by atoms with E-state index in [2.05, 4.69) is 50.4 Å². The molecular weight excluding hydrogens is 346 g/mol. The predicted octanol–water partition coefficient (Wildman–Crippen LogP) is 4.18. The molecule has 0 fully saturated rings. The molecule has 2 aromatic carbocycles. The van der Waals surface area contributed by atoms with Gasteiger partial charge in [-0.05, 0) is 42.7 Å². The lowest BCUT2D eigenvalue weighted by Crippen LogP contribution is -2.30. The lowest BCUT2D eigenvalue weighted by Gasteiger charge is -2.08. The Morgan fingerprint density at radius 1 is 1.04 bits per heavy atom. The summed E-state index contributed by atoms with van der Waals surface area (Å²) in [5.41, 5.74) is 2.84. The average molecular weight is 372 g/mol. The van der Waals surface area contributed by atoms with Gasteiger partial charge in [-0.15, -0.1) is 11.8 Å². The Morgan fingerprint density at radius 2 is 1.69 bits per heavy atom. The summed E-state index contributed by atoms with van der Waals surface area (Å²) in [5.74, 6) is 0.397. The number of carbonyl (C=O) groups excluding carboxylic acids is 2. The van der Waals surface area contributed by atoms with Crippen LogP contribution in [0.5, 0.6) is 0 Å². The van der Waals surface area contributed by atoms with Crippen LogP contribution in [0.1, 0.15) is 41.3 Å². The molecule has 0 aliphatic carbocycles. The molecule has 0 heterocycles. The zero-order valence-corrected chi connectivity index (χ0v) is 16.3. The van der Waals surface area contributed by atoms with Gasteiger partial charge in [0.1, 0.15) is 0 Å². The fourth-order valence-electron chi connectivity index (χ4n) is 2.26. The van der Waals surface area contributed by atoms with Gasteiger partial charge in [0.25, 0.3) is 5.91 Å². The van der Waals surface area contributed by atoms with E-state index in [0.29, 0.717) is 18.0 Å². The van der Waals surface area contributed by atoms with E-state index in [-0.39, 0.29) is 12.5 Å². The van der Waals surface area contributed by atoms with Crippen molar-refractivity contribution in [3.8, 4) is 0 Å². The molecule has 1 amide bonds. The topological polar surface area (TPSA) is 55.4 Å². The van der Waals surface area contributed by atoms with Crippen molar-refractivity contribution in [1.82, 2.24) is 5.32 Å². The van der Waals surface area contributed by atoms with Crippen molar-refractivity contribution in [3.63, 3.8) is 0 Å². The second-order valence-electron chi connectivity index (χ2n) is 6.36. The third-order valence-electron chi connectivity index (χ3n) is 3.86. The molecule has 2 rings (SSSR count). The second-order valence-corrected chi connectivity index (χ2v) is 7.53. The largest absolute Gasteiger partial charge is 0.452 e. The fourth-order valence-corrected chi connectivity index (χ4v) is 3.03. The molecular formula is C21H25NO3S. The van der Waals surface area contributed by atoms with Crippen molar-refractivity contribution >= 4 is 23.6 Å². The highest BCUT2D eigenvalue weighted by Crippen LogP contribution is 2.17. The molecule has 0 radical (unpaired) electrons. The van der Waals surface area contributed by atoms with E-state index in [1.807, 2.05) is 12.1 Å². The van der Waals surface area contributed by atoms with Crippen LogP contribution >= 0.6 is 11.8 Å². The van der Waals surface area contributed by atoms with E-state index < -0.39 is 5.97 Å². The molecule has 26 heavy (non-hydrogen) atoms. The number of aryl methyl sites for hydroxylation is 1. The zero-order valence-electron chi connectivity index (χ0n) is 15.5. The highest BCUT2D eigenvalue weighted by molar-refractivity contribution is 7.99. The first-order valence-corrected chi connectivity index (χ1v) is 9.67. The van der Waals surface area contributed by atoms with Gasteiger partial charge in [-0.25, -0.2) is 4.79 Å². The van der Waals surface area contributed by atoms with E-state index in [9.17, 15) is 9.59 Å². The van der Waals surface area contributed by atoms with E-state index >= 15 is 0 Å². The number of esters is 1. The van der Waals surface area contributed by atoms with Crippen LogP contribution in [-0.2, 0) is 9.53 Å². The van der Waals surface area contributed by atoms with Gasteiger partial charge in [0.05, 0.1) is 5.56 Å². The summed E-state index contributed by atoms with van der Waals surface area (Å²) in [6.45, 7) is 6.50. The van der Waals surface area contributed by atoms with Gasteiger partial charge < -0.3 is 10.1 Å². The van der Waals surface area contributed by atoms with Crippen molar-refractivity contribution < 1.29 is 14.3 Å². The summed E-state index contributed by atoms with van der Waals surface area (Å²) in [4.78, 5) is 24.9. The highest BCUT2D eigenvalue weighted by atomic mass is 32.2. The monoisotopic (exact) mass is 371 g/mol. The van der Waals surface area contributed by atoms with Crippen molar-refractivity contribution in [2.75, 3.05) is 18.9 Å². The standard InChI is InChI=1S/C21H25NO3S/c1-15(2)17-6-8-18(9-7-17)21(24)25-14-20(23)22-12-13-26-19-10-4-16(3)5-11-19/h4-11,15H,12-14H2,1-3H3,(H,22,23). The van der Waals surface area contributed by atoms with Crippen LogP contribution in [0.15, 0.2) is 53.4 Å². The molecule has 0 aromatic heterocycles. The van der Waals surface area contributed by atoms with Gasteiger partial charge >= 0.3 is 5.97 Å². The Labute approximate surface area is 159 Å². The summed E-state index contributed by atoms with van der Waals surface area (Å²) >= 11 is 1.67. The number of thioether (sulfide) groups is 1. The Balaban J connectivity index is 1.66. The number of hydrogen-bond acceptors (Lipinski definition) is 4. The van der Waals surface area contributed by atoms with E-state index in [4.69, 9.17) is 4.74 Å². The molecule has 0 aliphatic rings. The van der Waals surface area contributed by atoms with Crippen molar-refractivity contribution in [3.05, 3.63) is 65.2 Å². The SMILES string of the molecule is Cc1ccc(SCCNC(=O)COC(=O)c2ccc(C(C)C)cc2)cc1. The molecule has 0 saturated carbocycles. The first-order valence-electron chi connectivity index (χ1n) is 8.69. The first-order chi connectivity index (χ1) is 12.5. The third-order valence-corrected chi connectivity index (χ3v) is 4.88. The van der Waals surface area contributed by atoms with Gasteiger partial charge in [-0.1, -0.05) is 43.7 Å². The normalized spacial score (nSPS) is 10.6. The molecule has 5 heteroatoms.